The van der Waals surface area contributed by atoms with Crippen LogP contribution in [0.25, 0.3) is 21.0 Å². The van der Waals surface area contributed by atoms with Gasteiger partial charge in [-0.25, -0.2) is 0 Å². The summed E-state index contributed by atoms with van der Waals surface area (Å²) in [6, 6.07) is 16.5. The van der Waals surface area contributed by atoms with E-state index >= 15 is 0 Å². The molecule has 0 aliphatic heterocycles. The summed E-state index contributed by atoms with van der Waals surface area (Å²) in [5.74, 6) is 0. The van der Waals surface area contributed by atoms with Crippen LogP contribution in [0.4, 0.5) is 13.2 Å². The third kappa shape index (κ3) is 5.72. The van der Waals surface area contributed by atoms with Crippen molar-refractivity contribution < 1.29 is 22.3 Å². The van der Waals surface area contributed by atoms with Gasteiger partial charge in [-0.1, -0.05) is 41.4 Å². The quantitative estimate of drug-likeness (QED) is 0.247. The number of hydrogen-bond acceptors (Lipinski definition) is 5. The van der Waals surface area contributed by atoms with Crippen molar-refractivity contribution in [2.24, 2.45) is 0 Å². The third-order valence-electron chi connectivity index (χ3n) is 5.50. The lowest BCUT2D eigenvalue weighted by molar-refractivity contribution is -0.137. The Bertz CT molecular complexity index is 1590. The van der Waals surface area contributed by atoms with Crippen molar-refractivity contribution in [2.75, 3.05) is 6.26 Å². The molecule has 12 heteroatoms. The first-order valence-corrected chi connectivity index (χ1v) is 14.0. The topological polar surface area (TPSA) is 86.2 Å². The van der Waals surface area contributed by atoms with Gasteiger partial charge in [0.2, 0.25) is 0 Å². The van der Waals surface area contributed by atoms with Gasteiger partial charge in [0, 0.05) is 21.2 Å². The van der Waals surface area contributed by atoms with Gasteiger partial charge in [-0.05, 0) is 53.6 Å². The lowest BCUT2D eigenvalue weighted by Crippen LogP contribution is -2.28. The Morgan fingerprint density at radius 3 is 2.24 bits per heavy atom. The molecule has 2 heterocycles. The van der Waals surface area contributed by atoms with Crippen molar-refractivity contribution in [3.63, 3.8) is 0 Å². The lowest BCUT2D eigenvalue weighted by atomic mass is 10.1. The zero-order valence-electron chi connectivity index (χ0n) is 18.9. The molecule has 5 nitrogen and oxygen atoms in total. The molecule has 0 saturated heterocycles. The standard InChI is InChI=1S/C25H17Cl2F3N2O3S2/c1-37(34,35)17-6-3-14(4-7-17)22-8-9-23(36-22)21-11-19(25(28,29)30)18(12-31)24(33)32(21)13-15-2-5-16(26)10-20(15)27/h2-11,34-35H,13H2,1H3. The molecule has 0 aliphatic carbocycles. The number of alkyl halides is 3. The molecule has 0 fully saturated rings. The average molecular weight is 585 g/mol. The second-order valence-electron chi connectivity index (χ2n) is 8.08. The second kappa shape index (κ2) is 10.2. The number of benzene rings is 2. The Balaban J connectivity index is 1.88. The maximum Gasteiger partial charge on any atom is 0.417 e. The molecule has 0 bridgehead atoms. The summed E-state index contributed by atoms with van der Waals surface area (Å²) in [6.45, 7) is -0.187. The normalized spacial score (nSPS) is 12.4. The summed E-state index contributed by atoms with van der Waals surface area (Å²) in [5.41, 5.74) is -2.32. The molecule has 37 heavy (non-hydrogen) atoms. The van der Waals surface area contributed by atoms with Crippen LogP contribution >= 0.6 is 45.1 Å². The van der Waals surface area contributed by atoms with Crippen molar-refractivity contribution in [1.82, 2.24) is 4.57 Å². The zero-order chi connectivity index (χ0) is 27.1. The van der Waals surface area contributed by atoms with Crippen molar-refractivity contribution in [2.45, 2.75) is 17.6 Å². The highest BCUT2D eigenvalue weighted by Crippen LogP contribution is 2.45. The Hall–Kier alpha value is -2.78. The van der Waals surface area contributed by atoms with E-state index in [1.807, 2.05) is 0 Å². The van der Waals surface area contributed by atoms with Gasteiger partial charge >= 0.3 is 6.18 Å². The molecule has 2 N–H and O–H groups in total. The molecule has 0 saturated carbocycles. The van der Waals surface area contributed by atoms with Crippen LogP contribution in [0.2, 0.25) is 10.0 Å². The minimum absolute atomic E-state index is 0.0297. The number of nitrogens with zero attached hydrogens (tertiary/aromatic N) is 2. The van der Waals surface area contributed by atoms with Crippen LogP contribution in [0.5, 0.6) is 0 Å². The molecule has 0 unspecified atom stereocenters. The number of nitriles is 1. The lowest BCUT2D eigenvalue weighted by Gasteiger charge is -2.26. The Morgan fingerprint density at radius 2 is 1.68 bits per heavy atom. The fraction of sp³-hybridized carbons (Fsp3) is 0.120. The molecular weight excluding hydrogens is 568 g/mol. The summed E-state index contributed by atoms with van der Waals surface area (Å²) in [7, 11) is -2.90. The van der Waals surface area contributed by atoms with Gasteiger partial charge in [0.05, 0.1) is 27.6 Å². The first-order valence-electron chi connectivity index (χ1n) is 10.4. The van der Waals surface area contributed by atoms with Crippen LogP contribution in [0.1, 0.15) is 16.7 Å². The first kappa shape index (κ1) is 27.3. The van der Waals surface area contributed by atoms with E-state index in [1.54, 1.807) is 48.5 Å². The van der Waals surface area contributed by atoms with E-state index in [0.29, 0.717) is 30.8 Å². The van der Waals surface area contributed by atoms with Crippen LogP contribution in [0, 0.1) is 11.3 Å². The molecule has 0 amide bonds. The van der Waals surface area contributed by atoms with Gasteiger partial charge in [-0.2, -0.15) is 29.0 Å². The predicted octanol–water partition coefficient (Wildman–Crippen LogP) is 8.23. The van der Waals surface area contributed by atoms with Crippen molar-refractivity contribution >= 4 is 45.1 Å². The fourth-order valence-corrected chi connectivity index (χ4v) is 5.82. The van der Waals surface area contributed by atoms with Gasteiger partial charge in [-0.3, -0.25) is 13.9 Å². The minimum atomic E-state index is -4.92. The van der Waals surface area contributed by atoms with E-state index in [2.05, 4.69) is 0 Å². The van der Waals surface area contributed by atoms with Crippen LogP contribution in [-0.2, 0) is 12.7 Å². The predicted molar refractivity (Wildman–Crippen MR) is 142 cm³/mol. The zero-order valence-corrected chi connectivity index (χ0v) is 22.0. The Morgan fingerprint density at radius 1 is 1.03 bits per heavy atom. The monoisotopic (exact) mass is 584 g/mol. The molecule has 0 atom stereocenters. The minimum Gasteiger partial charge on any atom is -0.302 e. The van der Waals surface area contributed by atoms with Gasteiger partial charge < -0.3 is 4.57 Å². The van der Waals surface area contributed by atoms with E-state index < -0.39 is 33.5 Å². The van der Waals surface area contributed by atoms with Crippen molar-refractivity contribution in [1.29, 1.82) is 5.26 Å². The fourth-order valence-electron chi connectivity index (χ4n) is 3.67. The van der Waals surface area contributed by atoms with Gasteiger partial charge in [0.25, 0.3) is 5.56 Å². The van der Waals surface area contributed by atoms with E-state index in [1.165, 1.54) is 18.4 Å². The maximum atomic E-state index is 13.8. The highest BCUT2D eigenvalue weighted by atomic mass is 35.5. The maximum absolute atomic E-state index is 13.8. The van der Waals surface area contributed by atoms with Gasteiger partial charge in [0.15, 0.2) is 0 Å². The van der Waals surface area contributed by atoms with Crippen LogP contribution in [-0.4, -0.2) is 19.9 Å². The number of thiophene rings is 1. The number of aromatic nitrogens is 1. The molecule has 2 aromatic carbocycles. The van der Waals surface area contributed by atoms with Gasteiger partial charge in [0.1, 0.15) is 11.6 Å². The average Bonchev–Trinajstić information content (AvgIpc) is 3.30. The third-order valence-corrected chi connectivity index (χ3v) is 8.41. The summed E-state index contributed by atoms with van der Waals surface area (Å²) in [4.78, 5) is 14.6. The largest absolute Gasteiger partial charge is 0.417 e. The van der Waals surface area contributed by atoms with E-state index in [-0.39, 0.29) is 17.3 Å². The smallest absolute Gasteiger partial charge is 0.302 e. The molecule has 0 spiro atoms. The summed E-state index contributed by atoms with van der Waals surface area (Å²) < 4.78 is 62.2. The second-order valence-corrected chi connectivity index (χ2v) is 12.1. The Labute approximate surface area is 225 Å². The molecule has 2 aromatic heterocycles. The van der Waals surface area contributed by atoms with E-state index in [0.717, 1.165) is 22.0 Å². The van der Waals surface area contributed by atoms with Crippen LogP contribution in [0.3, 0.4) is 0 Å². The summed E-state index contributed by atoms with van der Waals surface area (Å²) in [6.07, 6.45) is -3.62. The molecule has 192 valence electrons. The van der Waals surface area contributed by atoms with Crippen molar-refractivity contribution in [3.05, 3.63) is 97.8 Å². The highest BCUT2D eigenvalue weighted by molar-refractivity contribution is 8.23. The Kier molecular flexibility index (Phi) is 7.50. The van der Waals surface area contributed by atoms with Crippen LogP contribution < -0.4 is 5.56 Å². The van der Waals surface area contributed by atoms with Crippen LogP contribution in [0.15, 0.2) is 70.4 Å². The SMILES string of the molecule is CS(O)(O)c1ccc(-c2ccc(-c3cc(C(F)(F)F)c(C#N)c(=O)n3Cc3ccc(Cl)cc3Cl)s2)cc1. The summed E-state index contributed by atoms with van der Waals surface area (Å²) in [5, 5.41) is 9.97. The number of halogens is 5. The molecule has 4 aromatic rings. The molecule has 0 aliphatic rings. The molecular formula is C25H17Cl2F3N2O3S2. The van der Waals surface area contributed by atoms with E-state index in [4.69, 9.17) is 23.2 Å². The summed E-state index contributed by atoms with van der Waals surface area (Å²) >= 11 is 13.4. The molecule has 4 rings (SSSR count). The van der Waals surface area contributed by atoms with Gasteiger partial charge in [-0.15, -0.1) is 11.3 Å². The highest BCUT2D eigenvalue weighted by Gasteiger charge is 2.36. The van der Waals surface area contributed by atoms with Crippen molar-refractivity contribution in [3.8, 4) is 27.1 Å². The first-order chi connectivity index (χ1) is 17.3. The number of hydrogen-bond donors (Lipinski definition) is 2. The number of rotatable bonds is 5. The molecule has 0 radical (unpaired) electrons. The number of pyridine rings is 1. The van der Waals surface area contributed by atoms with E-state index in [9.17, 15) is 32.3 Å².